The molecule has 1 amide bonds. The first-order valence-corrected chi connectivity index (χ1v) is 10.4. The van der Waals surface area contributed by atoms with Crippen molar-refractivity contribution in [3.05, 3.63) is 64.9 Å². The summed E-state index contributed by atoms with van der Waals surface area (Å²) in [6.45, 7) is 6.91. The van der Waals surface area contributed by atoms with Gasteiger partial charge >= 0.3 is 5.97 Å². The molecule has 6 nitrogen and oxygen atoms in total. The van der Waals surface area contributed by atoms with E-state index in [4.69, 9.17) is 9.15 Å². The molecule has 0 aliphatic heterocycles. The van der Waals surface area contributed by atoms with E-state index < -0.39 is 18.0 Å². The number of carbonyl (C=O) groups excluding carboxylic acids is 3. The first-order chi connectivity index (χ1) is 14.8. The minimum Gasteiger partial charge on any atom is -0.449 e. The molecule has 162 valence electrons. The monoisotopic (exact) mass is 421 g/mol. The highest BCUT2D eigenvalue weighted by Crippen LogP contribution is 2.27. The molecule has 0 aliphatic carbocycles. The van der Waals surface area contributed by atoms with Crippen LogP contribution >= 0.6 is 0 Å². The predicted octanol–water partition coefficient (Wildman–Crippen LogP) is 5.01. The first kappa shape index (κ1) is 22.3. The molecule has 0 fully saturated rings. The van der Waals surface area contributed by atoms with Crippen LogP contribution in [0.4, 0.5) is 5.69 Å². The van der Waals surface area contributed by atoms with Crippen molar-refractivity contribution in [2.45, 2.75) is 53.1 Å². The van der Waals surface area contributed by atoms with Gasteiger partial charge in [0, 0.05) is 23.1 Å². The molecule has 3 rings (SSSR count). The molecule has 1 N–H and O–H groups in total. The molecule has 0 aliphatic rings. The lowest BCUT2D eigenvalue weighted by atomic mass is 10.0. The van der Waals surface area contributed by atoms with E-state index in [9.17, 15) is 14.4 Å². The number of aryl methyl sites for hydroxylation is 3. The summed E-state index contributed by atoms with van der Waals surface area (Å²) in [4.78, 5) is 36.3. The van der Waals surface area contributed by atoms with Crippen LogP contribution in [-0.2, 0) is 27.2 Å². The number of esters is 1. The van der Waals surface area contributed by atoms with Gasteiger partial charge in [-0.1, -0.05) is 25.1 Å². The molecule has 0 spiro atoms. The summed E-state index contributed by atoms with van der Waals surface area (Å²) in [6.07, 6.45) is 1.02. The molecule has 1 aromatic heterocycles. The number of furan rings is 1. The molecule has 2 aromatic carbocycles. The number of nitrogens with one attached hydrogen (secondary N) is 1. The molecule has 0 saturated carbocycles. The van der Waals surface area contributed by atoms with Crippen molar-refractivity contribution in [3.8, 4) is 0 Å². The standard InChI is InChI=1S/C25H27NO5/c1-5-18-8-11-20(12-9-18)26-24(28)17(4)30-25(29)23-16(3)21-14-19(7-6-15(2)27)10-13-22(21)31-23/h8-14,17H,5-7H2,1-4H3,(H,26,28). The van der Waals surface area contributed by atoms with Crippen LogP contribution in [0, 0.1) is 6.92 Å². The summed E-state index contributed by atoms with van der Waals surface area (Å²) in [5, 5.41) is 3.54. The van der Waals surface area contributed by atoms with Gasteiger partial charge in [-0.15, -0.1) is 0 Å². The first-order valence-electron chi connectivity index (χ1n) is 10.4. The zero-order chi connectivity index (χ0) is 22.5. The Hall–Kier alpha value is -3.41. The summed E-state index contributed by atoms with van der Waals surface area (Å²) in [7, 11) is 0. The van der Waals surface area contributed by atoms with Crippen molar-refractivity contribution in [1.82, 2.24) is 0 Å². The number of hydrogen-bond donors (Lipinski definition) is 1. The SMILES string of the molecule is CCc1ccc(NC(=O)C(C)OC(=O)c2oc3ccc(CCC(C)=O)cc3c2C)cc1. The molecular weight excluding hydrogens is 394 g/mol. The second-order valence-electron chi connectivity index (χ2n) is 7.68. The Kier molecular flexibility index (Phi) is 6.90. The molecule has 1 atom stereocenters. The third-order valence-corrected chi connectivity index (χ3v) is 5.23. The number of fused-ring (bicyclic) bond motifs is 1. The van der Waals surface area contributed by atoms with E-state index in [1.165, 1.54) is 12.5 Å². The lowest BCUT2D eigenvalue weighted by molar-refractivity contribution is -0.123. The fraction of sp³-hybridized carbons (Fsp3) is 0.320. The summed E-state index contributed by atoms with van der Waals surface area (Å²) in [6, 6.07) is 13.1. The molecule has 3 aromatic rings. The highest BCUT2D eigenvalue weighted by Gasteiger charge is 2.24. The lowest BCUT2D eigenvalue weighted by Gasteiger charge is -2.13. The second kappa shape index (κ2) is 9.60. The number of hydrogen-bond acceptors (Lipinski definition) is 5. The van der Waals surface area contributed by atoms with Gasteiger partial charge < -0.3 is 19.3 Å². The Morgan fingerprint density at radius 1 is 1.06 bits per heavy atom. The predicted molar refractivity (Wildman–Crippen MR) is 119 cm³/mol. The van der Waals surface area contributed by atoms with Crippen LogP contribution in [0.3, 0.4) is 0 Å². The number of amides is 1. The molecule has 31 heavy (non-hydrogen) atoms. The molecular formula is C25H27NO5. The Morgan fingerprint density at radius 3 is 2.39 bits per heavy atom. The smallest absolute Gasteiger partial charge is 0.375 e. The number of ether oxygens (including phenoxy) is 1. The maximum atomic E-state index is 12.6. The maximum absolute atomic E-state index is 12.6. The Morgan fingerprint density at radius 2 is 1.74 bits per heavy atom. The molecule has 1 heterocycles. The van der Waals surface area contributed by atoms with Crippen molar-refractivity contribution in [3.63, 3.8) is 0 Å². The van der Waals surface area contributed by atoms with E-state index in [1.807, 2.05) is 36.4 Å². The van der Waals surface area contributed by atoms with Crippen molar-refractivity contribution < 1.29 is 23.5 Å². The molecule has 0 radical (unpaired) electrons. The number of carbonyl (C=O) groups is 3. The second-order valence-corrected chi connectivity index (χ2v) is 7.68. The average Bonchev–Trinajstić information content (AvgIpc) is 3.08. The molecule has 6 heteroatoms. The van der Waals surface area contributed by atoms with E-state index in [-0.39, 0.29) is 11.5 Å². The Balaban J connectivity index is 1.69. The van der Waals surface area contributed by atoms with Crippen molar-refractivity contribution >= 4 is 34.3 Å². The highest BCUT2D eigenvalue weighted by atomic mass is 16.6. The van der Waals surface area contributed by atoms with E-state index in [0.717, 1.165) is 17.4 Å². The lowest BCUT2D eigenvalue weighted by Crippen LogP contribution is -2.30. The quantitative estimate of drug-likeness (QED) is 0.517. The normalized spacial score (nSPS) is 11.9. The largest absolute Gasteiger partial charge is 0.449 e. The van der Waals surface area contributed by atoms with Crippen molar-refractivity contribution in [2.75, 3.05) is 5.32 Å². The van der Waals surface area contributed by atoms with Crippen LogP contribution in [0.2, 0.25) is 0 Å². The number of Topliss-reactive ketones (excluding diaryl/α,β-unsaturated/α-hetero) is 1. The van der Waals surface area contributed by atoms with Crippen LogP contribution in [0.1, 0.15) is 54.4 Å². The van der Waals surface area contributed by atoms with E-state index >= 15 is 0 Å². The molecule has 0 bridgehead atoms. The van der Waals surface area contributed by atoms with E-state index in [0.29, 0.717) is 29.7 Å². The zero-order valence-electron chi connectivity index (χ0n) is 18.3. The maximum Gasteiger partial charge on any atom is 0.375 e. The van der Waals surface area contributed by atoms with E-state index in [2.05, 4.69) is 12.2 Å². The number of ketones is 1. The number of rotatable bonds is 8. The van der Waals surface area contributed by atoms with Gasteiger partial charge in [-0.25, -0.2) is 4.79 Å². The Bertz CT molecular complexity index is 1110. The topological polar surface area (TPSA) is 85.6 Å². The van der Waals surface area contributed by atoms with Crippen molar-refractivity contribution in [2.24, 2.45) is 0 Å². The third-order valence-electron chi connectivity index (χ3n) is 5.23. The number of anilines is 1. The fourth-order valence-corrected chi connectivity index (χ4v) is 3.27. The van der Waals surface area contributed by atoms with Gasteiger partial charge in [0.15, 0.2) is 6.10 Å². The van der Waals surface area contributed by atoms with Gasteiger partial charge in [-0.3, -0.25) is 4.79 Å². The highest BCUT2D eigenvalue weighted by molar-refractivity contribution is 5.99. The van der Waals surface area contributed by atoms with Gasteiger partial charge in [-0.05, 0) is 69.0 Å². The number of benzene rings is 2. The van der Waals surface area contributed by atoms with Gasteiger partial charge in [0.05, 0.1) is 0 Å². The van der Waals surface area contributed by atoms with Crippen LogP contribution in [-0.4, -0.2) is 23.8 Å². The summed E-state index contributed by atoms with van der Waals surface area (Å²) in [5.41, 5.74) is 4.01. The molecule has 0 saturated heterocycles. The van der Waals surface area contributed by atoms with Gasteiger partial charge in [0.1, 0.15) is 11.4 Å². The van der Waals surface area contributed by atoms with Gasteiger partial charge in [0.25, 0.3) is 5.91 Å². The van der Waals surface area contributed by atoms with Crippen LogP contribution in [0.15, 0.2) is 46.9 Å². The van der Waals surface area contributed by atoms with Crippen molar-refractivity contribution in [1.29, 1.82) is 0 Å². The third kappa shape index (κ3) is 5.40. The van der Waals surface area contributed by atoms with Crippen LogP contribution in [0.25, 0.3) is 11.0 Å². The minimum atomic E-state index is -0.989. The van der Waals surface area contributed by atoms with Crippen LogP contribution in [0.5, 0.6) is 0 Å². The zero-order valence-corrected chi connectivity index (χ0v) is 18.3. The van der Waals surface area contributed by atoms with Crippen LogP contribution < -0.4 is 5.32 Å². The fourth-order valence-electron chi connectivity index (χ4n) is 3.27. The average molecular weight is 421 g/mol. The summed E-state index contributed by atoms with van der Waals surface area (Å²) in [5.74, 6) is -0.909. The molecule has 1 unspecified atom stereocenters. The summed E-state index contributed by atoms with van der Waals surface area (Å²) < 4.78 is 11.0. The summed E-state index contributed by atoms with van der Waals surface area (Å²) >= 11 is 0. The minimum absolute atomic E-state index is 0.0747. The van der Waals surface area contributed by atoms with Gasteiger partial charge in [0.2, 0.25) is 5.76 Å². The van der Waals surface area contributed by atoms with E-state index in [1.54, 1.807) is 19.9 Å². The van der Waals surface area contributed by atoms with Gasteiger partial charge in [-0.2, -0.15) is 0 Å². The Labute approximate surface area is 181 Å².